The Kier molecular flexibility index (Phi) is 1.70. The van der Waals surface area contributed by atoms with Crippen molar-refractivity contribution in [3.05, 3.63) is 10.0 Å². The van der Waals surface area contributed by atoms with Gasteiger partial charge in [-0.2, -0.15) is 0 Å². The lowest BCUT2D eigenvalue weighted by Crippen LogP contribution is -1.80. The second-order valence-corrected chi connectivity index (χ2v) is 2.67. The first-order valence-corrected chi connectivity index (χ1v) is 3.10. The molecule has 0 aliphatic heterocycles. The monoisotopic (exact) mass is 150 g/mol. The molecule has 1 aromatic rings. The summed E-state index contributed by atoms with van der Waals surface area (Å²) in [5.41, 5.74) is 0. The van der Waals surface area contributed by atoms with Crippen molar-refractivity contribution < 1.29 is 8.78 Å². The van der Waals surface area contributed by atoms with Crippen molar-refractivity contribution in [1.82, 2.24) is 10.2 Å². The Bertz CT molecular complexity index is 198. The van der Waals surface area contributed by atoms with Gasteiger partial charge in [0, 0.05) is 0 Å². The second-order valence-electron chi connectivity index (χ2n) is 1.46. The van der Waals surface area contributed by atoms with Crippen LogP contribution in [0.15, 0.2) is 0 Å². The summed E-state index contributed by atoms with van der Waals surface area (Å²) in [6, 6.07) is 0. The summed E-state index contributed by atoms with van der Waals surface area (Å²) >= 11 is 0.924. The highest BCUT2D eigenvalue weighted by molar-refractivity contribution is 7.11. The van der Waals surface area contributed by atoms with Crippen LogP contribution < -0.4 is 0 Å². The fourth-order valence-corrected chi connectivity index (χ4v) is 0.955. The van der Waals surface area contributed by atoms with E-state index in [1.807, 2.05) is 0 Å². The molecule has 50 valence electrons. The van der Waals surface area contributed by atoms with Gasteiger partial charge < -0.3 is 0 Å². The molecule has 0 aliphatic carbocycles. The van der Waals surface area contributed by atoms with Crippen molar-refractivity contribution in [3.63, 3.8) is 0 Å². The first-order chi connectivity index (χ1) is 4.20. The van der Waals surface area contributed by atoms with Crippen LogP contribution in [0, 0.1) is 6.92 Å². The van der Waals surface area contributed by atoms with E-state index in [4.69, 9.17) is 0 Å². The molecular weight excluding hydrogens is 146 g/mol. The Labute approximate surface area is 54.5 Å². The predicted octanol–water partition coefficient (Wildman–Crippen LogP) is 1.78. The van der Waals surface area contributed by atoms with Crippen molar-refractivity contribution in [2.24, 2.45) is 0 Å². The second kappa shape index (κ2) is 2.34. The maximum atomic E-state index is 11.7. The number of rotatable bonds is 1. The topological polar surface area (TPSA) is 25.8 Å². The number of hydrogen-bond acceptors (Lipinski definition) is 3. The van der Waals surface area contributed by atoms with Gasteiger partial charge in [-0.15, -0.1) is 10.2 Å². The maximum Gasteiger partial charge on any atom is 0.291 e. The predicted molar refractivity (Wildman–Crippen MR) is 29.6 cm³/mol. The highest BCUT2D eigenvalue weighted by Crippen LogP contribution is 2.21. The molecule has 5 heteroatoms. The van der Waals surface area contributed by atoms with Crippen LogP contribution >= 0.6 is 11.3 Å². The molecule has 1 rings (SSSR count). The number of aromatic nitrogens is 2. The SMILES string of the molecule is Cc1nnc(C(F)F)s1. The van der Waals surface area contributed by atoms with E-state index in [1.54, 1.807) is 6.92 Å². The third-order valence-electron chi connectivity index (χ3n) is 0.728. The van der Waals surface area contributed by atoms with Gasteiger partial charge in [0.15, 0.2) is 5.01 Å². The van der Waals surface area contributed by atoms with Crippen LogP contribution in [-0.4, -0.2) is 10.2 Å². The molecule has 0 aliphatic rings. The van der Waals surface area contributed by atoms with Crippen molar-refractivity contribution in [3.8, 4) is 0 Å². The summed E-state index contributed by atoms with van der Waals surface area (Å²) in [6.07, 6.45) is -2.48. The van der Waals surface area contributed by atoms with E-state index >= 15 is 0 Å². The zero-order valence-corrected chi connectivity index (χ0v) is 5.45. The van der Waals surface area contributed by atoms with Gasteiger partial charge in [-0.25, -0.2) is 8.78 Å². The average molecular weight is 150 g/mol. The fraction of sp³-hybridized carbons (Fsp3) is 0.500. The van der Waals surface area contributed by atoms with Crippen molar-refractivity contribution in [2.75, 3.05) is 0 Å². The largest absolute Gasteiger partial charge is 0.291 e. The van der Waals surface area contributed by atoms with Gasteiger partial charge in [0.05, 0.1) is 0 Å². The van der Waals surface area contributed by atoms with Crippen LogP contribution in [0.1, 0.15) is 16.4 Å². The molecule has 0 saturated carbocycles. The molecule has 9 heavy (non-hydrogen) atoms. The molecule has 0 bridgehead atoms. The molecule has 0 unspecified atom stereocenters. The molecule has 0 atom stereocenters. The van der Waals surface area contributed by atoms with E-state index in [0.29, 0.717) is 5.01 Å². The number of hydrogen-bond donors (Lipinski definition) is 0. The standard InChI is InChI=1S/C4H4F2N2S/c1-2-7-8-4(9-2)3(5)6/h3H,1H3. The third-order valence-corrected chi connectivity index (χ3v) is 1.57. The molecule has 1 heterocycles. The van der Waals surface area contributed by atoms with E-state index in [1.165, 1.54) is 0 Å². The molecule has 2 nitrogen and oxygen atoms in total. The minimum Gasteiger partial charge on any atom is -0.202 e. The van der Waals surface area contributed by atoms with E-state index in [2.05, 4.69) is 10.2 Å². The van der Waals surface area contributed by atoms with Gasteiger partial charge in [0.25, 0.3) is 6.43 Å². The Hall–Kier alpha value is -0.580. The van der Waals surface area contributed by atoms with Crippen LogP contribution in [-0.2, 0) is 0 Å². The summed E-state index contributed by atoms with van der Waals surface area (Å²) in [6.45, 7) is 1.64. The molecule has 0 aromatic carbocycles. The van der Waals surface area contributed by atoms with Gasteiger partial charge in [0.2, 0.25) is 0 Å². The van der Waals surface area contributed by atoms with Gasteiger partial charge in [-0.3, -0.25) is 0 Å². The lowest BCUT2D eigenvalue weighted by molar-refractivity contribution is 0.150. The molecule has 0 saturated heterocycles. The van der Waals surface area contributed by atoms with Gasteiger partial charge in [-0.1, -0.05) is 11.3 Å². The van der Waals surface area contributed by atoms with Crippen molar-refractivity contribution in [2.45, 2.75) is 13.3 Å². The smallest absolute Gasteiger partial charge is 0.202 e. The first-order valence-electron chi connectivity index (χ1n) is 2.28. The molecule has 0 radical (unpaired) electrons. The summed E-state index contributed by atoms with van der Waals surface area (Å²) in [5, 5.41) is 7.03. The van der Waals surface area contributed by atoms with Gasteiger partial charge >= 0.3 is 0 Å². The van der Waals surface area contributed by atoms with Crippen LogP contribution in [0.4, 0.5) is 8.78 Å². The van der Waals surface area contributed by atoms with Crippen molar-refractivity contribution in [1.29, 1.82) is 0 Å². The van der Waals surface area contributed by atoms with Crippen LogP contribution in [0.2, 0.25) is 0 Å². The molecular formula is C4H4F2N2S. The number of nitrogens with zero attached hydrogens (tertiary/aromatic N) is 2. The lowest BCUT2D eigenvalue weighted by Gasteiger charge is -1.84. The summed E-state index contributed by atoms with van der Waals surface area (Å²) in [7, 11) is 0. The summed E-state index contributed by atoms with van der Waals surface area (Å²) in [4.78, 5) is 0. The number of alkyl halides is 2. The number of halogens is 2. The Morgan fingerprint density at radius 3 is 2.33 bits per heavy atom. The minimum atomic E-state index is -2.48. The van der Waals surface area contributed by atoms with E-state index < -0.39 is 6.43 Å². The highest BCUT2D eigenvalue weighted by Gasteiger charge is 2.11. The van der Waals surface area contributed by atoms with Crippen LogP contribution in [0.25, 0.3) is 0 Å². The fourth-order valence-electron chi connectivity index (χ4n) is 0.400. The third kappa shape index (κ3) is 1.41. The lowest BCUT2D eigenvalue weighted by atomic mass is 10.8. The Balaban J connectivity index is 2.85. The zero-order valence-electron chi connectivity index (χ0n) is 4.64. The summed E-state index contributed by atoms with van der Waals surface area (Å²) in [5.74, 6) is 0. The van der Waals surface area contributed by atoms with Gasteiger partial charge in [-0.05, 0) is 6.92 Å². The first kappa shape index (κ1) is 6.54. The van der Waals surface area contributed by atoms with E-state index in [-0.39, 0.29) is 5.01 Å². The molecule has 0 fully saturated rings. The van der Waals surface area contributed by atoms with E-state index in [9.17, 15) is 8.78 Å². The Morgan fingerprint density at radius 2 is 2.11 bits per heavy atom. The zero-order chi connectivity index (χ0) is 6.85. The van der Waals surface area contributed by atoms with Crippen LogP contribution in [0.3, 0.4) is 0 Å². The molecule has 0 amide bonds. The quantitative estimate of drug-likeness (QED) is 0.609. The number of aryl methyl sites for hydroxylation is 1. The molecule has 0 N–H and O–H groups in total. The minimum absolute atomic E-state index is 0.201. The maximum absolute atomic E-state index is 11.7. The van der Waals surface area contributed by atoms with Crippen molar-refractivity contribution >= 4 is 11.3 Å². The average Bonchev–Trinajstić information content (AvgIpc) is 2.14. The van der Waals surface area contributed by atoms with E-state index in [0.717, 1.165) is 11.3 Å². The van der Waals surface area contributed by atoms with Gasteiger partial charge in [0.1, 0.15) is 5.01 Å². The van der Waals surface area contributed by atoms with Crippen LogP contribution in [0.5, 0.6) is 0 Å². The Morgan fingerprint density at radius 1 is 1.44 bits per heavy atom. The summed E-state index contributed by atoms with van der Waals surface area (Å²) < 4.78 is 23.4. The molecule has 1 aromatic heterocycles. The molecule has 0 spiro atoms. The normalized spacial score (nSPS) is 10.7. The highest BCUT2D eigenvalue weighted by atomic mass is 32.1.